The maximum absolute atomic E-state index is 11.8. The number of ether oxygens (including phenoxy) is 1. The van der Waals surface area contributed by atoms with Crippen molar-refractivity contribution in [1.82, 2.24) is 14.8 Å². The van der Waals surface area contributed by atoms with Crippen LogP contribution >= 0.6 is 0 Å². The summed E-state index contributed by atoms with van der Waals surface area (Å²) in [6.45, 7) is 6.18. The van der Waals surface area contributed by atoms with Gasteiger partial charge in [0.2, 0.25) is 0 Å². The van der Waals surface area contributed by atoms with Crippen LogP contribution in [-0.2, 0) is 22.5 Å². The summed E-state index contributed by atoms with van der Waals surface area (Å²) in [5.74, 6) is 0.695. The van der Waals surface area contributed by atoms with Gasteiger partial charge < -0.3 is 4.74 Å². The smallest absolute Gasteiger partial charge is 0.171 e. The van der Waals surface area contributed by atoms with Gasteiger partial charge >= 0.3 is 0 Å². The van der Waals surface area contributed by atoms with E-state index in [1.807, 2.05) is 6.92 Å². The fourth-order valence-corrected chi connectivity index (χ4v) is 1.16. The number of hydrogen-bond acceptors (Lipinski definition) is 4. The molecule has 15 heavy (non-hydrogen) atoms. The number of ketones is 1. The van der Waals surface area contributed by atoms with Gasteiger partial charge in [-0.3, -0.25) is 4.79 Å². The van der Waals surface area contributed by atoms with E-state index in [9.17, 15) is 4.79 Å². The van der Waals surface area contributed by atoms with Gasteiger partial charge in [-0.1, -0.05) is 0 Å². The van der Waals surface area contributed by atoms with Crippen molar-refractivity contribution in [2.45, 2.75) is 39.3 Å². The van der Waals surface area contributed by atoms with Gasteiger partial charge in [0.15, 0.2) is 5.78 Å². The second-order valence-corrected chi connectivity index (χ2v) is 3.81. The van der Waals surface area contributed by atoms with Crippen molar-refractivity contribution in [1.29, 1.82) is 0 Å². The molecule has 0 amide bonds. The molecule has 0 aromatic carbocycles. The van der Waals surface area contributed by atoms with Gasteiger partial charge in [0.25, 0.3) is 0 Å². The molecule has 0 radical (unpaired) electrons. The molecule has 84 valence electrons. The van der Waals surface area contributed by atoms with Gasteiger partial charge in [0.05, 0.1) is 6.42 Å². The molecule has 0 spiro atoms. The Morgan fingerprint density at radius 1 is 1.60 bits per heavy atom. The molecule has 0 aliphatic heterocycles. The lowest BCUT2D eigenvalue weighted by molar-refractivity contribution is -0.136. The summed E-state index contributed by atoms with van der Waals surface area (Å²) in [5, 5.41) is 4.01. The van der Waals surface area contributed by atoms with E-state index in [0.717, 1.165) is 6.54 Å². The van der Waals surface area contributed by atoms with E-state index in [2.05, 4.69) is 10.1 Å². The molecule has 1 aromatic heterocycles. The second kappa shape index (κ2) is 4.53. The lowest BCUT2D eigenvalue weighted by atomic mass is 10.0. The zero-order valence-electron chi connectivity index (χ0n) is 9.65. The van der Waals surface area contributed by atoms with Crippen molar-refractivity contribution in [3.8, 4) is 0 Å². The molecular weight excluding hydrogens is 194 g/mol. The number of aryl methyl sites for hydroxylation is 1. The number of Topliss-reactive ketones (excluding diaryl/α,β-unsaturated/α-hetero) is 1. The summed E-state index contributed by atoms with van der Waals surface area (Å²) in [4.78, 5) is 15.9. The Balaban J connectivity index is 2.74. The number of carbonyl (C=O) groups is 1. The molecule has 5 heteroatoms. The summed E-state index contributed by atoms with van der Waals surface area (Å²) >= 11 is 0. The molecule has 0 fully saturated rings. The average Bonchev–Trinajstić information content (AvgIpc) is 2.65. The number of aromatic nitrogens is 3. The Morgan fingerprint density at radius 2 is 2.27 bits per heavy atom. The third-order valence-corrected chi connectivity index (χ3v) is 2.50. The van der Waals surface area contributed by atoms with Gasteiger partial charge in [-0.2, -0.15) is 5.10 Å². The molecule has 0 aliphatic rings. The van der Waals surface area contributed by atoms with Crippen LogP contribution < -0.4 is 0 Å². The molecule has 0 saturated heterocycles. The highest BCUT2D eigenvalue weighted by atomic mass is 16.5. The summed E-state index contributed by atoms with van der Waals surface area (Å²) < 4.78 is 6.83. The van der Waals surface area contributed by atoms with Gasteiger partial charge in [-0.05, 0) is 20.8 Å². The topological polar surface area (TPSA) is 57.0 Å². The fourth-order valence-electron chi connectivity index (χ4n) is 1.16. The van der Waals surface area contributed by atoms with Crippen molar-refractivity contribution in [3.63, 3.8) is 0 Å². The van der Waals surface area contributed by atoms with Crippen molar-refractivity contribution in [2.75, 3.05) is 7.11 Å². The van der Waals surface area contributed by atoms with Crippen molar-refractivity contribution >= 4 is 5.78 Å². The van der Waals surface area contributed by atoms with Crippen molar-refractivity contribution in [2.24, 2.45) is 0 Å². The summed E-state index contributed by atoms with van der Waals surface area (Å²) in [6.07, 6.45) is 1.72. The average molecular weight is 211 g/mol. The van der Waals surface area contributed by atoms with Crippen LogP contribution in [0.2, 0.25) is 0 Å². The first-order valence-corrected chi connectivity index (χ1v) is 4.96. The lowest BCUT2D eigenvalue weighted by Gasteiger charge is -2.20. The first-order valence-electron chi connectivity index (χ1n) is 4.96. The Hall–Kier alpha value is -1.23. The quantitative estimate of drug-likeness (QED) is 0.724. The van der Waals surface area contributed by atoms with Crippen LogP contribution in [0.4, 0.5) is 0 Å². The van der Waals surface area contributed by atoms with Gasteiger partial charge in [0, 0.05) is 13.7 Å². The van der Waals surface area contributed by atoms with E-state index in [1.165, 1.54) is 13.4 Å². The van der Waals surface area contributed by atoms with E-state index >= 15 is 0 Å². The van der Waals surface area contributed by atoms with Gasteiger partial charge in [-0.25, -0.2) is 9.67 Å². The highest BCUT2D eigenvalue weighted by molar-refractivity contribution is 5.87. The molecular formula is C10H17N3O2. The molecule has 0 atom stereocenters. The van der Waals surface area contributed by atoms with Gasteiger partial charge in [-0.15, -0.1) is 0 Å². The first-order chi connectivity index (χ1) is 7.01. The molecule has 0 N–H and O–H groups in total. The Kier molecular flexibility index (Phi) is 3.57. The van der Waals surface area contributed by atoms with Crippen LogP contribution in [0.5, 0.6) is 0 Å². The van der Waals surface area contributed by atoms with Crippen LogP contribution in [-0.4, -0.2) is 33.3 Å². The zero-order chi connectivity index (χ0) is 11.5. The molecule has 0 bridgehead atoms. The molecule has 0 aliphatic carbocycles. The van der Waals surface area contributed by atoms with Crippen LogP contribution in [0.3, 0.4) is 0 Å². The monoisotopic (exact) mass is 211 g/mol. The summed E-state index contributed by atoms with van der Waals surface area (Å²) in [7, 11) is 1.53. The number of nitrogens with zero attached hydrogens (tertiary/aromatic N) is 3. The minimum absolute atomic E-state index is 0.00713. The fraction of sp³-hybridized carbons (Fsp3) is 0.700. The van der Waals surface area contributed by atoms with Crippen LogP contribution in [0.25, 0.3) is 0 Å². The van der Waals surface area contributed by atoms with Crippen LogP contribution in [0, 0.1) is 0 Å². The highest BCUT2D eigenvalue weighted by Crippen LogP contribution is 2.12. The number of hydrogen-bond donors (Lipinski definition) is 0. The van der Waals surface area contributed by atoms with E-state index < -0.39 is 5.60 Å². The second-order valence-electron chi connectivity index (χ2n) is 3.81. The predicted octanol–water partition coefficient (Wildman–Crippen LogP) is 0.835. The number of methoxy groups -OCH3 is 1. The maximum Gasteiger partial charge on any atom is 0.171 e. The number of carbonyl (C=O) groups excluding carboxylic acids is 1. The van der Waals surface area contributed by atoms with Gasteiger partial charge in [0.1, 0.15) is 17.8 Å². The SMILES string of the molecule is CCn1ncnc1CC(=O)C(C)(C)OC. The van der Waals surface area contributed by atoms with E-state index in [4.69, 9.17) is 4.74 Å². The summed E-state index contributed by atoms with van der Waals surface area (Å²) in [6, 6.07) is 0. The summed E-state index contributed by atoms with van der Waals surface area (Å²) in [5.41, 5.74) is -0.759. The third-order valence-electron chi connectivity index (χ3n) is 2.50. The Labute approximate surface area is 89.5 Å². The van der Waals surface area contributed by atoms with Crippen LogP contribution in [0.1, 0.15) is 26.6 Å². The van der Waals surface area contributed by atoms with E-state index in [-0.39, 0.29) is 12.2 Å². The lowest BCUT2D eigenvalue weighted by Crippen LogP contribution is -2.35. The minimum atomic E-state index is -0.759. The largest absolute Gasteiger partial charge is 0.371 e. The predicted molar refractivity (Wildman–Crippen MR) is 55.5 cm³/mol. The molecule has 1 rings (SSSR count). The van der Waals surface area contributed by atoms with Crippen molar-refractivity contribution < 1.29 is 9.53 Å². The Morgan fingerprint density at radius 3 is 2.80 bits per heavy atom. The molecule has 0 saturated carbocycles. The van der Waals surface area contributed by atoms with Crippen LogP contribution in [0.15, 0.2) is 6.33 Å². The molecule has 1 heterocycles. The van der Waals surface area contributed by atoms with E-state index in [0.29, 0.717) is 5.82 Å². The molecule has 1 aromatic rings. The normalized spacial score (nSPS) is 11.7. The zero-order valence-corrected chi connectivity index (χ0v) is 9.65. The molecule has 5 nitrogen and oxygen atoms in total. The third kappa shape index (κ3) is 2.62. The minimum Gasteiger partial charge on any atom is -0.371 e. The Bertz CT molecular complexity index is 344. The maximum atomic E-state index is 11.8. The van der Waals surface area contributed by atoms with Crippen molar-refractivity contribution in [3.05, 3.63) is 12.2 Å². The molecule has 0 unspecified atom stereocenters. The standard InChI is InChI=1S/C10H17N3O2/c1-5-13-9(11-7-12-13)6-8(14)10(2,3)15-4/h7H,5-6H2,1-4H3. The van der Waals surface area contributed by atoms with E-state index in [1.54, 1.807) is 18.5 Å². The number of rotatable bonds is 5. The highest BCUT2D eigenvalue weighted by Gasteiger charge is 2.27. The first kappa shape index (κ1) is 11.8.